The Morgan fingerprint density at radius 3 is 3.08 bits per heavy atom. The van der Waals surface area contributed by atoms with E-state index < -0.39 is 0 Å². The van der Waals surface area contributed by atoms with E-state index in [0.717, 1.165) is 5.82 Å². The van der Waals surface area contributed by atoms with Gasteiger partial charge in [-0.2, -0.15) is 0 Å². The summed E-state index contributed by atoms with van der Waals surface area (Å²) in [5.74, 6) is 0.828. The summed E-state index contributed by atoms with van der Waals surface area (Å²) in [7, 11) is 1.68. The van der Waals surface area contributed by atoms with E-state index >= 15 is 0 Å². The number of nitrogens with one attached hydrogen (secondary N) is 1. The molecule has 0 bridgehead atoms. The van der Waals surface area contributed by atoms with Crippen LogP contribution in [0, 0.1) is 0 Å². The molecule has 4 heteroatoms. The second-order valence-electron chi connectivity index (χ2n) is 2.60. The molecular formula is C8H13N3O. The van der Waals surface area contributed by atoms with Crippen LogP contribution in [-0.2, 0) is 4.74 Å². The number of aromatic nitrogens is 2. The minimum atomic E-state index is 0.268. The van der Waals surface area contributed by atoms with E-state index in [-0.39, 0.29) is 6.04 Å². The lowest BCUT2D eigenvalue weighted by Gasteiger charge is -2.12. The fraction of sp³-hybridized carbons (Fsp3) is 0.500. The number of rotatable bonds is 4. The number of anilines is 1. The van der Waals surface area contributed by atoms with Gasteiger partial charge in [-0.3, -0.25) is 0 Å². The summed E-state index contributed by atoms with van der Waals surface area (Å²) in [6.07, 6.45) is 3.22. The molecule has 0 aliphatic heterocycles. The molecule has 0 aliphatic carbocycles. The van der Waals surface area contributed by atoms with E-state index in [1.165, 1.54) is 6.33 Å². The summed E-state index contributed by atoms with van der Waals surface area (Å²) in [4.78, 5) is 7.84. The summed E-state index contributed by atoms with van der Waals surface area (Å²) in [5.41, 5.74) is 0. The minimum absolute atomic E-state index is 0.268. The van der Waals surface area contributed by atoms with Crippen molar-refractivity contribution in [2.75, 3.05) is 19.0 Å². The number of ether oxygens (including phenoxy) is 1. The first-order valence-corrected chi connectivity index (χ1v) is 3.84. The Morgan fingerprint density at radius 2 is 2.50 bits per heavy atom. The zero-order chi connectivity index (χ0) is 8.81. The third-order valence-corrected chi connectivity index (χ3v) is 1.39. The molecule has 1 heterocycles. The molecule has 0 unspecified atom stereocenters. The molecular weight excluding hydrogens is 154 g/mol. The van der Waals surface area contributed by atoms with Gasteiger partial charge in [0.2, 0.25) is 0 Å². The van der Waals surface area contributed by atoms with E-state index in [2.05, 4.69) is 15.3 Å². The predicted octanol–water partition coefficient (Wildman–Crippen LogP) is 0.923. The normalized spacial score (nSPS) is 12.5. The number of nitrogens with zero attached hydrogens (tertiary/aromatic N) is 2. The van der Waals surface area contributed by atoms with Gasteiger partial charge in [-0.1, -0.05) is 0 Å². The summed E-state index contributed by atoms with van der Waals surface area (Å²) in [5, 5.41) is 3.17. The highest BCUT2D eigenvalue weighted by atomic mass is 16.5. The molecule has 1 rings (SSSR count). The number of hydrogen-bond acceptors (Lipinski definition) is 4. The van der Waals surface area contributed by atoms with Crippen molar-refractivity contribution in [1.82, 2.24) is 9.97 Å². The Morgan fingerprint density at radius 1 is 1.67 bits per heavy atom. The van der Waals surface area contributed by atoms with Crippen molar-refractivity contribution in [3.05, 3.63) is 18.6 Å². The first-order valence-electron chi connectivity index (χ1n) is 3.84. The molecule has 1 aromatic rings. The van der Waals surface area contributed by atoms with E-state index in [9.17, 15) is 0 Å². The van der Waals surface area contributed by atoms with E-state index in [1.807, 2.05) is 13.0 Å². The van der Waals surface area contributed by atoms with Gasteiger partial charge in [0.1, 0.15) is 12.1 Å². The largest absolute Gasteiger partial charge is 0.383 e. The molecule has 0 aromatic carbocycles. The van der Waals surface area contributed by atoms with Gasteiger partial charge in [0.25, 0.3) is 0 Å². The van der Waals surface area contributed by atoms with Gasteiger partial charge >= 0.3 is 0 Å². The van der Waals surface area contributed by atoms with Crippen LogP contribution in [0.2, 0.25) is 0 Å². The average Bonchev–Trinajstić information content (AvgIpc) is 2.06. The van der Waals surface area contributed by atoms with Crippen LogP contribution in [0.4, 0.5) is 5.82 Å². The van der Waals surface area contributed by atoms with Crippen molar-refractivity contribution < 1.29 is 4.74 Å². The van der Waals surface area contributed by atoms with Gasteiger partial charge in [-0.15, -0.1) is 0 Å². The molecule has 1 N–H and O–H groups in total. The molecule has 4 nitrogen and oxygen atoms in total. The average molecular weight is 167 g/mol. The van der Waals surface area contributed by atoms with Gasteiger partial charge in [0, 0.05) is 19.3 Å². The number of hydrogen-bond donors (Lipinski definition) is 1. The quantitative estimate of drug-likeness (QED) is 0.724. The lowest BCUT2D eigenvalue weighted by molar-refractivity contribution is 0.190. The predicted molar refractivity (Wildman–Crippen MR) is 47.0 cm³/mol. The van der Waals surface area contributed by atoms with Crippen LogP contribution in [0.5, 0.6) is 0 Å². The highest BCUT2D eigenvalue weighted by Crippen LogP contribution is 2.00. The standard InChI is InChI=1S/C8H13N3O/c1-7(5-12-2)11-8-3-4-9-6-10-8/h3-4,6-7H,5H2,1-2H3,(H,9,10,11)/t7-/m1/s1. The molecule has 12 heavy (non-hydrogen) atoms. The van der Waals surface area contributed by atoms with Crippen molar-refractivity contribution in [1.29, 1.82) is 0 Å². The Hall–Kier alpha value is -1.16. The van der Waals surface area contributed by atoms with Crippen LogP contribution in [0.3, 0.4) is 0 Å². The van der Waals surface area contributed by atoms with Gasteiger partial charge < -0.3 is 10.1 Å². The van der Waals surface area contributed by atoms with Crippen LogP contribution in [0.25, 0.3) is 0 Å². The second-order valence-corrected chi connectivity index (χ2v) is 2.60. The first-order chi connectivity index (χ1) is 5.83. The Bertz CT molecular complexity index is 215. The maximum atomic E-state index is 4.97. The number of methoxy groups -OCH3 is 1. The van der Waals surface area contributed by atoms with Crippen LogP contribution >= 0.6 is 0 Å². The third kappa shape index (κ3) is 2.84. The van der Waals surface area contributed by atoms with Gasteiger partial charge in [-0.25, -0.2) is 9.97 Å². The zero-order valence-electron chi connectivity index (χ0n) is 7.32. The molecule has 0 amide bonds. The second kappa shape index (κ2) is 4.66. The Labute approximate surface area is 72.0 Å². The maximum Gasteiger partial charge on any atom is 0.129 e. The molecule has 0 radical (unpaired) electrons. The summed E-state index contributed by atoms with van der Waals surface area (Å²) >= 11 is 0. The van der Waals surface area contributed by atoms with Crippen LogP contribution < -0.4 is 5.32 Å². The molecule has 0 spiro atoms. The minimum Gasteiger partial charge on any atom is -0.383 e. The highest BCUT2D eigenvalue weighted by molar-refractivity contribution is 5.32. The van der Waals surface area contributed by atoms with E-state index in [0.29, 0.717) is 6.61 Å². The molecule has 0 saturated carbocycles. The summed E-state index contributed by atoms with van der Waals surface area (Å²) in [6, 6.07) is 2.09. The molecule has 1 aromatic heterocycles. The SMILES string of the molecule is COC[C@@H](C)Nc1ccncn1. The van der Waals surface area contributed by atoms with E-state index in [1.54, 1.807) is 13.3 Å². The fourth-order valence-electron chi connectivity index (χ4n) is 0.920. The van der Waals surface area contributed by atoms with Gasteiger partial charge in [0.15, 0.2) is 0 Å². The molecule has 0 aliphatic rings. The zero-order valence-corrected chi connectivity index (χ0v) is 7.32. The van der Waals surface area contributed by atoms with Crippen molar-refractivity contribution >= 4 is 5.82 Å². The Kier molecular flexibility index (Phi) is 3.47. The molecule has 0 saturated heterocycles. The third-order valence-electron chi connectivity index (χ3n) is 1.39. The van der Waals surface area contributed by atoms with Crippen molar-refractivity contribution in [2.45, 2.75) is 13.0 Å². The molecule has 66 valence electrons. The van der Waals surface area contributed by atoms with Crippen molar-refractivity contribution in [2.24, 2.45) is 0 Å². The smallest absolute Gasteiger partial charge is 0.129 e. The highest BCUT2D eigenvalue weighted by Gasteiger charge is 2.00. The first kappa shape index (κ1) is 8.93. The van der Waals surface area contributed by atoms with Crippen molar-refractivity contribution in [3.8, 4) is 0 Å². The molecule has 0 fully saturated rings. The lowest BCUT2D eigenvalue weighted by atomic mass is 10.3. The van der Waals surface area contributed by atoms with Crippen LogP contribution in [-0.4, -0.2) is 29.7 Å². The van der Waals surface area contributed by atoms with Crippen LogP contribution in [0.15, 0.2) is 18.6 Å². The fourth-order valence-corrected chi connectivity index (χ4v) is 0.920. The summed E-state index contributed by atoms with van der Waals surface area (Å²) < 4.78 is 4.97. The monoisotopic (exact) mass is 167 g/mol. The maximum absolute atomic E-state index is 4.97. The van der Waals surface area contributed by atoms with Crippen LogP contribution in [0.1, 0.15) is 6.92 Å². The van der Waals surface area contributed by atoms with Gasteiger partial charge in [0.05, 0.1) is 6.61 Å². The molecule has 1 atom stereocenters. The topological polar surface area (TPSA) is 47.0 Å². The summed E-state index contributed by atoms with van der Waals surface area (Å²) in [6.45, 7) is 2.70. The van der Waals surface area contributed by atoms with Gasteiger partial charge in [-0.05, 0) is 13.0 Å². The van der Waals surface area contributed by atoms with E-state index in [4.69, 9.17) is 4.74 Å². The van der Waals surface area contributed by atoms with Crippen molar-refractivity contribution in [3.63, 3.8) is 0 Å². The Balaban J connectivity index is 2.41. The lowest BCUT2D eigenvalue weighted by Crippen LogP contribution is -2.21.